The number of nitrogens with one attached hydrogen (secondary N) is 1. The number of esters is 3. The van der Waals surface area contributed by atoms with Crippen molar-refractivity contribution in [3.63, 3.8) is 0 Å². The molecule has 3 fully saturated rings. The molecule has 3 aliphatic carbocycles. The fourth-order valence-corrected chi connectivity index (χ4v) is 11.2. The molecule has 14 heteroatoms. The Balaban J connectivity index is 1.36. The number of hydrogen-bond donors (Lipinski definition) is 4. The number of carbonyl (C=O) groups excluding carboxylic acids is 5. The average molecular weight is 880 g/mol. The van der Waals surface area contributed by atoms with Crippen molar-refractivity contribution >= 4 is 35.6 Å². The summed E-state index contributed by atoms with van der Waals surface area (Å²) in [6, 6.07) is 23.3. The van der Waals surface area contributed by atoms with E-state index in [1.165, 1.54) is 0 Å². The second-order valence-electron chi connectivity index (χ2n) is 19.0. The molecule has 11 atom stereocenters. The van der Waals surface area contributed by atoms with Crippen molar-refractivity contribution in [3.8, 4) is 0 Å². The molecule has 14 nitrogen and oxygen atoms in total. The number of aliphatic hydroxyl groups is 2. The van der Waals surface area contributed by atoms with Gasteiger partial charge in [-0.25, -0.2) is 9.59 Å². The summed E-state index contributed by atoms with van der Waals surface area (Å²) >= 11 is 0. The number of ether oxygens (including phenoxy) is 4. The Hall–Kier alpha value is -5.70. The number of rotatable bonds is 12. The van der Waals surface area contributed by atoms with E-state index < -0.39 is 112 Å². The van der Waals surface area contributed by atoms with Crippen LogP contribution in [0.2, 0.25) is 0 Å². The standard InChI is InChI=1S/C50H57NO13/c1-28-33(62-45(59)39(63-36(55)24-23-35(53)54)38(30-17-11-8-12-18-30)51-43(57)31-19-13-9-14-20-31)25-50(60)42(64-44(58)32-21-15-10-16-22-32)40-47(5)27-61-48(47,6)26-34(52)49(40,7)41(56)29(2)37(28)46(50,3)4/h8-22,29,33-34,38-40,42,52,60H,23-27H2,1-7H3,(H,51,57)(H,53,54)/t29-,33+,34+,38-,39-,40-,42+,47+,48-,49-,50-/m1/s1. The molecule has 1 heterocycles. The molecule has 3 aromatic carbocycles. The summed E-state index contributed by atoms with van der Waals surface area (Å²) < 4.78 is 24.8. The Bertz CT molecular complexity index is 2350. The van der Waals surface area contributed by atoms with E-state index in [1.807, 2.05) is 13.8 Å². The third-order valence-corrected chi connectivity index (χ3v) is 15.1. The second-order valence-corrected chi connectivity index (χ2v) is 19.0. The lowest BCUT2D eigenvalue weighted by molar-refractivity contribution is -0.353. The first kappa shape index (κ1) is 46.3. The van der Waals surface area contributed by atoms with Gasteiger partial charge in [0.2, 0.25) is 6.10 Å². The fourth-order valence-electron chi connectivity index (χ4n) is 11.2. The minimum Gasteiger partial charge on any atom is -0.481 e. The van der Waals surface area contributed by atoms with Crippen LogP contribution in [0.4, 0.5) is 0 Å². The van der Waals surface area contributed by atoms with Crippen LogP contribution in [-0.4, -0.2) is 93.1 Å². The van der Waals surface area contributed by atoms with E-state index in [9.17, 15) is 39.3 Å². The van der Waals surface area contributed by atoms with Gasteiger partial charge in [0, 0.05) is 41.1 Å². The van der Waals surface area contributed by atoms with Crippen molar-refractivity contribution in [1.29, 1.82) is 0 Å². The van der Waals surface area contributed by atoms with Gasteiger partial charge in [0.15, 0.2) is 0 Å². The Labute approximate surface area is 372 Å². The maximum Gasteiger partial charge on any atom is 0.350 e. The number of fused-ring (bicyclic) bond motifs is 5. The molecule has 7 rings (SSSR count). The summed E-state index contributed by atoms with van der Waals surface area (Å²) in [7, 11) is 0. The summed E-state index contributed by atoms with van der Waals surface area (Å²) in [6.07, 6.45) is -7.45. The first-order chi connectivity index (χ1) is 30.1. The van der Waals surface area contributed by atoms with Gasteiger partial charge >= 0.3 is 23.9 Å². The highest BCUT2D eigenvalue weighted by Gasteiger charge is 2.77. The predicted molar refractivity (Wildman–Crippen MR) is 230 cm³/mol. The third kappa shape index (κ3) is 7.62. The van der Waals surface area contributed by atoms with Gasteiger partial charge in [-0.15, -0.1) is 0 Å². The summed E-state index contributed by atoms with van der Waals surface area (Å²) in [6.45, 7) is 12.5. The smallest absolute Gasteiger partial charge is 0.350 e. The lowest BCUT2D eigenvalue weighted by Gasteiger charge is -2.71. The summed E-state index contributed by atoms with van der Waals surface area (Å²) in [4.78, 5) is 83.2. The van der Waals surface area contributed by atoms with Gasteiger partial charge in [-0.3, -0.25) is 19.2 Å². The quantitative estimate of drug-likeness (QED) is 0.0943. The topological polar surface area (TPSA) is 212 Å². The molecular weight excluding hydrogens is 823 g/mol. The first-order valence-corrected chi connectivity index (χ1v) is 21.7. The van der Waals surface area contributed by atoms with Gasteiger partial charge in [0.1, 0.15) is 29.6 Å². The van der Waals surface area contributed by atoms with Crippen molar-refractivity contribution < 1.29 is 63.0 Å². The predicted octanol–water partition coefficient (Wildman–Crippen LogP) is 5.95. The zero-order valence-corrected chi connectivity index (χ0v) is 37.2. The van der Waals surface area contributed by atoms with Crippen molar-refractivity contribution in [1.82, 2.24) is 5.32 Å². The van der Waals surface area contributed by atoms with Gasteiger partial charge in [0.05, 0.1) is 42.1 Å². The highest BCUT2D eigenvalue weighted by atomic mass is 16.6. The number of Topliss-reactive ketones (excluding diaryl/α,β-unsaturated/α-hetero) is 1. The van der Waals surface area contributed by atoms with Crippen molar-refractivity contribution in [2.75, 3.05) is 6.61 Å². The Morgan fingerprint density at radius 1 is 0.828 bits per heavy atom. The van der Waals surface area contributed by atoms with Crippen LogP contribution >= 0.6 is 0 Å². The third-order valence-electron chi connectivity index (χ3n) is 15.1. The second kappa shape index (κ2) is 17.0. The van der Waals surface area contributed by atoms with Gasteiger partial charge < -0.3 is 39.6 Å². The molecule has 340 valence electrons. The molecule has 4 aliphatic rings. The molecule has 64 heavy (non-hydrogen) atoms. The number of aliphatic carboxylic acids is 1. The number of aliphatic hydroxyl groups excluding tert-OH is 1. The average Bonchev–Trinajstić information content (AvgIpc) is 3.27. The minimum atomic E-state index is -2.11. The molecule has 1 amide bonds. The number of hydrogen-bond acceptors (Lipinski definition) is 12. The van der Waals surface area contributed by atoms with Crippen LogP contribution in [0.5, 0.6) is 0 Å². The van der Waals surface area contributed by atoms with Crippen LogP contribution in [0.25, 0.3) is 0 Å². The van der Waals surface area contributed by atoms with E-state index in [0.29, 0.717) is 16.7 Å². The zero-order valence-electron chi connectivity index (χ0n) is 37.2. The lowest BCUT2D eigenvalue weighted by atomic mass is 9.39. The Kier molecular flexibility index (Phi) is 12.3. The monoisotopic (exact) mass is 879 g/mol. The number of carboxylic acids is 1. The normalized spacial score (nSPS) is 32.5. The molecule has 2 saturated carbocycles. The Morgan fingerprint density at radius 2 is 1.41 bits per heavy atom. The molecule has 4 N–H and O–H groups in total. The van der Waals surface area contributed by atoms with Gasteiger partial charge in [-0.05, 0) is 61.7 Å². The Morgan fingerprint density at radius 3 is 1.97 bits per heavy atom. The number of carboxylic acid groups (broad SMARTS) is 1. The molecule has 3 aromatic rings. The van der Waals surface area contributed by atoms with Crippen LogP contribution in [-0.2, 0) is 38.1 Å². The number of amides is 1. The van der Waals surface area contributed by atoms with Crippen LogP contribution < -0.4 is 5.32 Å². The van der Waals surface area contributed by atoms with E-state index in [0.717, 1.165) is 0 Å². The van der Waals surface area contributed by atoms with Crippen molar-refractivity contribution in [3.05, 3.63) is 119 Å². The van der Waals surface area contributed by atoms with E-state index >= 15 is 4.79 Å². The zero-order chi connectivity index (χ0) is 46.6. The van der Waals surface area contributed by atoms with Crippen LogP contribution in [0.1, 0.15) is 106 Å². The number of benzene rings is 3. The lowest BCUT2D eigenvalue weighted by Crippen LogP contribution is -2.80. The van der Waals surface area contributed by atoms with Crippen LogP contribution in [0.15, 0.2) is 102 Å². The first-order valence-electron chi connectivity index (χ1n) is 21.7. The molecule has 0 spiro atoms. The molecule has 2 bridgehead atoms. The maximum absolute atomic E-state index is 15.4. The van der Waals surface area contributed by atoms with E-state index in [-0.39, 0.29) is 36.4 Å². The highest BCUT2D eigenvalue weighted by molar-refractivity contribution is 5.95. The molecule has 0 radical (unpaired) electrons. The fraction of sp³-hybridized carbons (Fsp3) is 0.480. The SMILES string of the molecule is CC1=C2[C@@H](C)C(=O)[C@]3(C)[C@@H](O)C[C@@]4(C)OC[C@@]4(C)[C@H]3[C@H](OC(=O)c3ccccc3)[C@](O)(C[C@@H]1OC(=O)[C@H](OC(=O)CCC(=O)O)[C@H](NC(=O)c1ccccc1)c1ccccc1)C2(C)C. The van der Waals surface area contributed by atoms with Crippen molar-refractivity contribution in [2.24, 2.45) is 28.1 Å². The maximum atomic E-state index is 15.4. The minimum absolute atomic E-state index is 0.115. The molecule has 1 saturated heterocycles. The van der Waals surface area contributed by atoms with E-state index in [4.69, 9.17) is 18.9 Å². The van der Waals surface area contributed by atoms with Crippen LogP contribution in [0.3, 0.4) is 0 Å². The summed E-state index contributed by atoms with van der Waals surface area (Å²) in [5, 5.41) is 38.1. The molecular formula is C50H57NO13. The largest absolute Gasteiger partial charge is 0.481 e. The molecule has 0 aromatic heterocycles. The van der Waals surface area contributed by atoms with Crippen LogP contribution in [0, 0.1) is 28.1 Å². The number of ketones is 1. The van der Waals surface area contributed by atoms with Gasteiger partial charge in [0.25, 0.3) is 5.91 Å². The summed E-state index contributed by atoms with van der Waals surface area (Å²) in [5.41, 5.74) is -5.30. The van der Waals surface area contributed by atoms with E-state index in [2.05, 4.69) is 5.32 Å². The number of carbonyl (C=O) groups is 6. The van der Waals surface area contributed by atoms with E-state index in [1.54, 1.807) is 126 Å². The van der Waals surface area contributed by atoms with Gasteiger partial charge in [-0.1, -0.05) is 94.4 Å². The van der Waals surface area contributed by atoms with Crippen molar-refractivity contribution in [2.45, 2.75) is 116 Å². The van der Waals surface area contributed by atoms with Gasteiger partial charge in [-0.2, -0.15) is 0 Å². The molecule has 0 unspecified atom stereocenters. The summed E-state index contributed by atoms with van der Waals surface area (Å²) in [5.74, 6) is -7.20. The highest BCUT2D eigenvalue weighted by Crippen LogP contribution is 2.69. The molecule has 1 aliphatic heterocycles.